The minimum absolute atomic E-state index is 0.239. The molecule has 3 aliphatic rings. The summed E-state index contributed by atoms with van der Waals surface area (Å²) in [6.07, 6.45) is 9.64. The van der Waals surface area contributed by atoms with Crippen molar-refractivity contribution >= 4 is 5.91 Å². The van der Waals surface area contributed by atoms with E-state index in [-0.39, 0.29) is 11.4 Å². The van der Waals surface area contributed by atoms with E-state index >= 15 is 0 Å². The number of tetrazole rings is 1. The Morgan fingerprint density at radius 1 is 1.14 bits per heavy atom. The molecule has 1 amide bonds. The van der Waals surface area contributed by atoms with Crippen molar-refractivity contribution in [3.8, 4) is 0 Å². The van der Waals surface area contributed by atoms with E-state index in [2.05, 4.69) is 30.0 Å². The number of aromatic nitrogens is 4. The molecule has 4 rings (SSSR count). The van der Waals surface area contributed by atoms with Crippen molar-refractivity contribution in [2.75, 3.05) is 39.9 Å². The number of methoxy groups -OCH3 is 1. The van der Waals surface area contributed by atoms with Gasteiger partial charge in [-0.1, -0.05) is 19.8 Å². The van der Waals surface area contributed by atoms with Gasteiger partial charge < -0.3 is 9.64 Å². The summed E-state index contributed by atoms with van der Waals surface area (Å²) in [4.78, 5) is 17.3. The highest BCUT2D eigenvalue weighted by atomic mass is 16.5. The van der Waals surface area contributed by atoms with Gasteiger partial charge >= 0.3 is 0 Å². The van der Waals surface area contributed by atoms with Gasteiger partial charge in [0.15, 0.2) is 5.82 Å². The van der Waals surface area contributed by atoms with Gasteiger partial charge in [0.05, 0.1) is 6.04 Å². The highest BCUT2D eigenvalue weighted by Gasteiger charge is 2.48. The molecule has 2 aliphatic heterocycles. The average molecular weight is 405 g/mol. The third-order valence-corrected chi connectivity index (χ3v) is 7.33. The first-order valence-electron chi connectivity index (χ1n) is 11.5. The van der Waals surface area contributed by atoms with Gasteiger partial charge in [0.1, 0.15) is 5.54 Å². The number of amides is 1. The maximum absolute atomic E-state index is 12.6. The molecule has 8 nitrogen and oxygen atoms in total. The molecule has 0 spiro atoms. The minimum Gasteiger partial charge on any atom is -0.384 e. The van der Waals surface area contributed by atoms with Crippen LogP contribution in [0, 0.1) is 5.92 Å². The van der Waals surface area contributed by atoms with Crippen molar-refractivity contribution in [3.05, 3.63) is 5.82 Å². The smallest absolute Gasteiger partial charge is 0.222 e. The number of carbonyl (C=O) groups excluding carboxylic acids is 1. The number of carbonyl (C=O) groups is 1. The maximum Gasteiger partial charge on any atom is 0.222 e. The van der Waals surface area contributed by atoms with Crippen LogP contribution < -0.4 is 0 Å². The van der Waals surface area contributed by atoms with Crippen molar-refractivity contribution in [2.24, 2.45) is 5.92 Å². The zero-order valence-electron chi connectivity index (χ0n) is 18.1. The third-order valence-electron chi connectivity index (χ3n) is 7.33. The SMILES string of the molecule is CCC(=O)N1CCCC(c2nnnn2C2CCCC2)(N2CCC(COC)CC2)C1. The fourth-order valence-corrected chi connectivity index (χ4v) is 5.71. The Hall–Kier alpha value is -1.54. The Balaban J connectivity index is 1.65. The molecule has 0 bridgehead atoms. The highest BCUT2D eigenvalue weighted by molar-refractivity contribution is 5.76. The molecule has 162 valence electrons. The second kappa shape index (κ2) is 9.08. The zero-order chi connectivity index (χ0) is 20.3. The quantitative estimate of drug-likeness (QED) is 0.725. The van der Waals surface area contributed by atoms with E-state index in [1.807, 2.05) is 6.92 Å². The van der Waals surface area contributed by atoms with Crippen LogP contribution in [-0.4, -0.2) is 75.8 Å². The van der Waals surface area contributed by atoms with Crippen LogP contribution in [0.4, 0.5) is 0 Å². The van der Waals surface area contributed by atoms with Crippen LogP contribution in [0.15, 0.2) is 0 Å². The van der Waals surface area contributed by atoms with Crippen LogP contribution in [0.2, 0.25) is 0 Å². The summed E-state index contributed by atoms with van der Waals surface area (Å²) >= 11 is 0. The second-order valence-corrected chi connectivity index (χ2v) is 9.08. The Labute approximate surface area is 173 Å². The second-order valence-electron chi connectivity index (χ2n) is 9.08. The molecule has 0 aromatic carbocycles. The molecule has 3 heterocycles. The van der Waals surface area contributed by atoms with Gasteiger partial charge in [-0.2, -0.15) is 0 Å². The van der Waals surface area contributed by atoms with E-state index < -0.39 is 0 Å². The van der Waals surface area contributed by atoms with Crippen molar-refractivity contribution in [1.82, 2.24) is 30.0 Å². The topological polar surface area (TPSA) is 76.4 Å². The lowest BCUT2D eigenvalue weighted by Crippen LogP contribution is -2.60. The van der Waals surface area contributed by atoms with Gasteiger partial charge in [-0.25, -0.2) is 4.68 Å². The van der Waals surface area contributed by atoms with Gasteiger partial charge in [-0.3, -0.25) is 9.69 Å². The van der Waals surface area contributed by atoms with Crippen LogP contribution in [0.25, 0.3) is 0 Å². The van der Waals surface area contributed by atoms with Gasteiger partial charge in [-0.15, -0.1) is 5.10 Å². The van der Waals surface area contributed by atoms with E-state index in [1.165, 1.54) is 12.8 Å². The van der Waals surface area contributed by atoms with Crippen LogP contribution in [0.1, 0.15) is 76.6 Å². The normalized spacial score (nSPS) is 27.6. The number of hydrogen-bond donors (Lipinski definition) is 0. The van der Waals surface area contributed by atoms with Crippen molar-refractivity contribution in [2.45, 2.75) is 76.3 Å². The van der Waals surface area contributed by atoms with E-state index in [1.54, 1.807) is 7.11 Å². The molecule has 2 saturated heterocycles. The number of ether oxygens (including phenoxy) is 1. The molecule has 1 saturated carbocycles. The summed E-state index contributed by atoms with van der Waals surface area (Å²) in [6.45, 7) is 6.37. The van der Waals surface area contributed by atoms with E-state index in [4.69, 9.17) is 4.74 Å². The van der Waals surface area contributed by atoms with E-state index in [9.17, 15) is 4.79 Å². The fourth-order valence-electron chi connectivity index (χ4n) is 5.71. The Bertz CT molecular complexity index is 680. The predicted octanol–water partition coefficient (Wildman–Crippen LogP) is 2.37. The molecule has 1 aromatic heterocycles. The summed E-state index contributed by atoms with van der Waals surface area (Å²) in [5.41, 5.74) is -0.271. The summed E-state index contributed by atoms with van der Waals surface area (Å²) in [5.74, 6) is 1.85. The van der Waals surface area contributed by atoms with E-state index in [0.29, 0.717) is 24.9 Å². The Morgan fingerprint density at radius 3 is 2.59 bits per heavy atom. The monoisotopic (exact) mass is 404 g/mol. The highest BCUT2D eigenvalue weighted by Crippen LogP contribution is 2.41. The largest absolute Gasteiger partial charge is 0.384 e. The number of nitrogens with zero attached hydrogens (tertiary/aromatic N) is 6. The lowest BCUT2D eigenvalue weighted by Gasteiger charge is -2.50. The molecule has 1 aromatic rings. The number of hydrogen-bond acceptors (Lipinski definition) is 6. The van der Waals surface area contributed by atoms with Crippen molar-refractivity contribution in [1.29, 1.82) is 0 Å². The summed E-state index contributed by atoms with van der Waals surface area (Å²) in [6, 6.07) is 0.403. The van der Waals surface area contributed by atoms with Crippen LogP contribution >= 0.6 is 0 Å². The van der Waals surface area contributed by atoms with Crippen LogP contribution in [0.5, 0.6) is 0 Å². The molecule has 0 radical (unpaired) electrons. The summed E-state index contributed by atoms with van der Waals surface area (Å²) < 4.78 is 7.52. The number of piperidine rings is 2. The van der Waals surface area contributed by atoms with Crippen LogP contribution in [0.3, 0.4) is 0 Å². The summed E-state index contributed by atoms with van der Waals surface area (Å²) in [7, 11) is 1.79. The van der Waals surface area contributed by atoms with Gasteiger partial charge in [0.25, 0.3) is 0 Å². The molecular weight excluding hydrogens is 368 g/mol. The number of likely N-dealkylation sites (tertiary alicyclic amines) is 2. The standard InChI is InChI=1S/C21H36N6O2/c1-3-19(28)25-12-6-11-21(16-25,26-13-9-17(10-14-26)15-29-2)20-22-23-24-27(20)18-7-4-5-8-18/h17-18H,3-16H2,1-2H3. The predicted molar refractivity (Wildman–Crippen MR) is 109 cm³/mol. The average Bonchev–Trinajstić information content (AvgIpc) is 3.45. The van der Waals surface area contributed by atoms with Gasteiger partial charge in [0.2, 0.25) is 5.91 Å². The van der Waals surface area contributed by atoms with Gasteiger partial charge in [-0.05, 0) is 68.0 Å². The first-order valence-corrected chi connectivity index (χ1v) is 11.5. The molecule has 1 atom stereocenters. The fraction of sp³-hybridized carbons (Fsp3) is 0.905. The molecule has 29 heavy (non-hydrogen) atoms. The van der Waals surface area contributed by atoms with Crippen LogP contribution in [-0.2, 0) is 15.1 Å². The molecule has 0 N–H and O–H groups in total. The Morgan fingerprint density at radius 2 is 1.90 bits per heavy atom. The molecule has 1 aliphatic carbocycles. The molecule has 3 fully saturated rings. The van der Waals surface area contributed by atoms with Gasteiger partial charge in [0, 0.05) is 33.2 Å². The molecule has 8 heteroatoms. The van der Waals surface area contributed by atoms with E-state index in [0.717, 1.165) is 70.6 Å². The van der Waals surface area contributed by atoms with Crippen molar-refractivity contribution < 1.29 is 9.53 Å². The first kappa shape index (κ1) is 20.7. The lowest BCUT2D eigenvalue weighted by atomic mass is 9.83. The Kier molecular flexibility index (Phi) is 6.49. The zero-order valence-corrected chi connectivity index (χ0v) is 18.1. The molecule has 1 unspecified atom stereocenters. The van der Waals surface area contributed by atoms with Crippen molar-refractivity contribution in [3.63, 3.8) is 0 Å². The summed E-state index contributed by atoms with van der Waals surface area (Å²) in [5, 5.41) is 13.2. The third kappa shape index (κ3) is 4.06. The maximum atomic E-state index is 12.6. The first-order chi connectivity index (χ1) is 14.2. The number of rotatable bonds is 6. The lowest BCUT2D eigenvalue weighted by molar-refractivity contribution is -0.136. The molecular formula is C21H36N6O2. The minimum atomic E-state index is -0.271.